The molecule has 0 spiro atoms. The topological polar surface area (TPSA) is 53.9 Å². The van der Waals surface area contributed by atoms with Crippen molar-refractivity contribution in [1.82, 2.24) is 5.43 Å². The van der Waals surface area contributed by atoms with E-state index in [1.54, 1.807) is 12.1 Å². The molecular formula is C29H32ClN3O2. The second-order valence-electron chi connectivity index (χ2n) is 8.98. The highest BCUT2D eigenvalue weighted by molar-refractivity contribution is 6.31. The molecule has 1 saturated heterocycles. The molecule has 1 aliphatic heterocycles. The molecule has 0 unspecified atom stereocenters. The second kappa shape index (κ2) is 11.9. The maximum atomic E-state index is 12.6. The molecule has 1 heterocycles. The number of nitrogens with zero attached hydrogens (tertiary/aromatic N) is 2. The minimum Gasteiger partial charge on any atom is -0.489 e. The highest BCUT2D eigenvalue weighted by atomic mass is 35.5. The molecule has 0 aliphatic carbocycles. The van der Waals surface area contributed by atoms with Crippen molar-refractivity contribution in [3.8, 4) is 5.75 Å². The van der Waals surface area contributed by atoms with Gasteiger partial charge in [0.05, 0.1) is 5.71 Å². The number of amides is 1. The molecule has 6 heteroatoms. The Morgan fingerprint density at radius 2 is 1.60 bits per heavy atom. The van der Waals surface area contributed by atoms with Crippen molar-refractivity contribution in [2.75, 3.05) is 18.0 Å². The smallest absolute Gasteiger partial charge is 0.271 e. The van der Waals surface area contributed by atoms with Crippen LogP contribution in [-0.4, -0.2) is 24.7 Å². The van der Waals surface area contributed by atoms with Gasteiger partial charge in [0, 0.05) is 29.4 Å². The summed E-state index contributed by atoms with van der Waals surface area (Å²) in [6, 6.07) is 21.3. The lowest BCUT2D eigenvalue weighted by molar-refractivity contribution is 0.0954. The molecule has 1 fully saturated rings. The molecule has 3 aromatic rings. The number of halogens is 1. The Hall–Kier alpha value is -3.31. The minimum absolute atomic E-state index is 0.244. The van der Waals surface area contributed by atoms with Crippen LogP contribution >= 0.6 is 11.6 Å². The van der Waals surface area contributed by atoms with Crippen molar-refractivity contribution in [2.45, 2.75) is 46.1 Å². The molecule has 1 N–H and O–H groups in total. The second-order valence-corrected chi connectivity index (χ2v) is 9.39. The van der Waals surface area contributed by atoms with Crippen molar-refractivity contribution in [2.24, 2.45) is 5.10 Å². The fourth-order valence-electron chi connectivity index (χ4n) is 4.13. The van der Waals surface area contributed by atoms with Gasteiger partial charge in [-0.1, -0.05) is 48.7 Å². The van der Waals surface area contributed by atoms with E-state index in [9.17, 15) is 4.79 Å². The number of hydrazone groups is 1. The number of ether oxygens (including phenoxy) is 1. The van der Waals surface area contributed by atoms with Crippen LogP contribution in [0, 0.1) is 6.92 Å². The van der Waals surface area contributed by atoms with Crippen LogP contribution in [0.5, 0.6) is 5.75 Å². The SMILES string of the molecule is CC(=NNC(=O)c1ccc(COc2ccc(Cl)c(C)c2)cc1)c1ccc(N2CCCCCC2)cc1. The van der Waals surface area contributed by atoms with Gasteiger partial charge in [0.1, 0.15) is 12.4 Å². The zero-order valence-corrected chi connectivity index (χ0v) is 21.1. The van der Waals surface area contributed by atoms with E-state index in [-0.39, 0.29) is 5.91 Å². The zero-order valence-electron chi connectivity index (χ0n) is 20.4. The number of nitrogens with one attached hydrogen (secondary N) is 1. The molecule has 1 aliphatic rings. The molecule has 4 rings (SSSR count). The maximum absolute atomic E-state index is 12.6. The minimum atomic E-state index is -0.244. The third kappa shape index (κ3) is 6.86. The van der Waals surface area contributed by atoms with Crippen molar-refractivity contribution >= 4 is 28.9 Å². The number of carbonyl (C=O) groups is 1. The maximum Gasteiger partial charge on any atom is 0.271 e. The van der Waals surface area contributed by atoms with Gasteiger partial charge in [0.25, 0.3) is 5.91 Å². The summed E-state index contributed by atoms with van der Waals surface area (Å²) < 4.78 is 5.83. The summed E-state index contributed by atoms with van der Waals surface area (Å²) in [5, 5.41) is 5.03. The Labute approximate surface area is 212 Å². The van der Waals surface area contributed by atoms with Gasteiger partial charge in [-0.05, 0) is 85.8 Å². The lowest BCUT2D eigenvalue weighted by atomic mass is 10.1. The predicted octanol–water partition coefficient (Wildman–Crippen LogP) is 6.76. The highest BCUT2D eigenvalue weighted by Gasteiger charge is 2.10. The van der Waals surface area contributed by atoms with E-state index in [2.05, 4.69) is 39.7 Å². The molecule has 3 aromatic carbocycles. The number of carbonyl (C=O) groups excluding carboxylic acids is 1. The molecule has 0 atom stereocenters. The van der Waals surface area contributed by atoms with Crippen LogP contribution in [0.25, 0.3) is 0 Å². The van der Waals surface area contributed by atoms with Gasteiger partial charge >= 0.3 is 0 Å². The van der Waals surface area contributed by atoms with Gasteiger partial charge in [-0.2, -0.15) is 5.10 Å². The van der Waals surface area contributed by atoms with E-state index in [0.29, 0.717) is 12.2 Å². The molecule has 5 nitrogen and oxygen atoms in total. The Morgan fingerprint density at radius 1 is 0.943 bits per heavy atom. The fourth-order valence-corrected chi connectivity index (χ4v) is 4.25. The average Bonchev–Trinajstić information content (AvgIpc) is 3.18. The Kier molecular flexibility index (Phi) is 8.43. The lowest BCUT2D eigenvalue weighted by Crippen LogP contribution is -2.23. The molecule has 0 aromatic heterocycles. The molecule has 182 valence electrons. The van der Waals surface area contributed by atoms with Crippen LogP contribution in [0.1, 0.15) is 59.7 Å². The molecule has 0 saturated carbocycles. The van der Waals surface area contributed by atoms with Gasteiger partial charge in [0.15, 0.2) is 0 Å². The van der Waals surface area contributed by atoms with E-state index < -0.39 is 0 Å². The Bertz CT molecular complexity index is 1170. The normalized spacial score (nSPS) is 14.4. The number of rotatable bonds is 7. The van der Waals surface area contributed by atoms with Gasteiger partial charge in [-0.3, -0.25) is 4.79 Å². The molecule has 1 amide bonds. The van der Waals surface area contributed by atoms with Crippen molar-refractivity contribution in [1.29, 1.82) is 0 Å². The average molecular weight is 490 g/mol. The summed E-state index contributed by atoms with van der Waals surface area (Å²) in [4.78, 5) is 15.0. The van der Waals surface area contributed by atoms with E-state index in [0.717, 1.165) is 46.3 Å². The van der Waals surface area contributed by atoms with Crippen molar-refractivity contribution in [3.63, 3.8) is 0 Å². The predicted molar refractivity (Wildman–Crippen MR) is 144 cm³/mol. The standard InChI is InChI=1S/C29H32ClN3O2/c1-21-19-27(15-16-28(21)30)35-20-23-7-9-25(10-8-23)29(34)32-31-22(2)24-11-13-26(14-12-24)33-17-5-3-4-6-18-33/h7-16,19H,3-6,17-18,20H2,1-2H3,(H,32,34). The summed E-state index contributed by atoms with van der Waals surface area (Å²) in [7, 11) is 0. The van der Waals surface area contributed by atoms with E-state index in [1.165, 1.54) is 31.4 Å². The molecule has 35 heavy (non-hydrogen) atoms. The van der Waals surface area contributed by atoms with E-state index in [1.807, 2.05) is 44.2 Å². The molecule has 0 bridgehead atoms. The number of aryl methyl sites for hydroxylation is 1. The van der Waals surface area contributed by atoms with E-state index in [4.69, 9.17) is 16.3 Å². The van der Waals surface area contributed by atoms with Crippen LogP contribution in [0.4, 0.5) is 5.69 Å². The lowest BCUT2D eigenvalue weighted by Gasteiger charge is -2.22. The first kappa shape index (κ1) is 24.8. The first-order valence-corrected chi connectivity index (χ1v) is 12.6. The Balaban J connectivity index is 1.30. The van der Waals surface area contributed by atoms with Crippen LogP contribution < -0.4 is 15.1 Å². The van der Waals surface area contributed by atoms with Gasteiger partial charge in [0.2, 0.25) is 0 Å². The van der Waals surface area contributed by atoms with Crippen molar-refractivity contribution < 1.29 is 9.53 Å². The molecule has 0 radical (unpaired) electrons. The summed E-state index contributed by atoms with van der Waals surface area (Å²) in [5.74, 6) is 0.518. The summed E-state index contributed by atoms with van der Waals surface area (Å²) in [6.07, 6.45) is 5.15. The monoisotopic (exact) mass is 489 g/mol. The largest absolute Gasteiger partial charge is 0.489 e. The number of anilines is 1. The number of hydrogen-bond donors (Lipinski definition) is 1. The summed E-state index contributed by atoms with van der Waals surface area (Å²) in [5.41, 5.74) is 8.17. The van der Waals surface area contributed by atoms with Gasteiger partial charge in [-0.25, -0.2) is 5.43 Å². The van der Waals surface area contributed by atoms with Crippen LogP contribution in [0.3, 0.4) is 0 Å². The number of hydrogen-bond acceptors (Lipinski definition) is 4. The quantitative estimate of drug-likeness (QED) is 0.294. The third-order valence-corrected chi connectivity index (χ3v) is 6.76. The van der Waals surface area contributed by atoms with Gasteiger partial charge in [-0.15, -0.1) is 0 Å². The van der Waals surface area contributed by atoms with E-state index >= 15 is 0 Å². The first-order valence-electron chi connectivity index (χ1n) is 12.2. The van der Waals surface area contributed by atoms with Crippen LogP contribution in [0.15, 0.2) is 71.8 Å². The van der Waals surface area contributed by atoms with Crippen LogP contribution in [0.2, 0.25) is 5.02 Å². The first-order chi connectivity index (χ1) is 17.0. The summed E-state index contributed by atoms with van der Waals surface area (Å²) >= 11 is 6.06. The number of benzene rings is 3. The third-order valence-electron chi connectivity index (χ3n) is 6.33. The fraction of sp³-hybridized carbons (Fsp3) is 0.310. The van der Waals surface area contributed by atoms with Gasteiger partial charge < -0.3 is 9.64 Å². The molecular weight excluding hydrogens is 458 g/mol. The van der Waals surface area contributed by atoms with Crippen molar-refractivity contribution in [3.05, 3.63) is 94.0 Å². The summed E-state index contributed by atoms with van der Waals surface area (Å²) in [6.45, 7) is 6.49. The Morgan fingerprint density at radius 3 is 2.26 bits per heavy atom. The van der Waals surface area contributed by atoms with Crippen LogP contribution in [-0.2, 0) is 6.61 Å². The zero-order chi connectivity index (χ0) is 24.6. The highest BCUT2D eigenvalue weighted by Crippen LogP contribution is 2.22.